The average Bonchev–Trinajstić information content (AvgIpc) is 2.95. The van der Waals surface area contributed by atoms with Gasteiger partial charge >= 0.3 is 0 Å². The van der Waals surface area contributed by atoms with Crippen LogP contribution in [0.4, 0.5) is 0 Å². The van der Waals surface area contributed by atoms with E-state index >= 15 is 0 Å². The van der Waals surface area contributed by atoms with Gasteiger partial charge in [0.2, 0.25) is 5.88 Å². The first kappa shape index (κ1) is 14.4. The summed E-state index contributed by atoms with van der Waals surface area (Å²) in [6, 6.07) is 7.69. The van der Waals surface area contributed by atoms with Crippen molar-refractivity contribution in [3.8, 4) is 11.6 Å². The molecule has 4 nitrogen and oxygen atoms in total. The Morgan fingerprint density at radius 2 is 2.33 bits per heavy atom. The number of rotatable bonds is 4. The molecule has 0 aliphatic carbocycles. The minimum atomic E-state index is -0.684. The maximum absolute atomic E-state index is 10.5. The van der Waals surface area contributed by atoms with Crippen LogP contribution in [0.25, 0.3) is 0 Å². The van der Waals surface area contributed by atoms with Crippen molar-refractivity contribution in [3.05, 3.63) is 51.6 Å². The van der Waals surface area contributed by atoms with Crippen molar-refractivity contribution in [1.82, 2.24) is 4.98 Å². The Hall–Kier alpha value is -1.59. The molecule has 0 spiro atoms. The third-order valence-electron chi connectivity index (χ3n) is 3.59. The van der Waals surface area contributed by atoms with E-state index in [1.54, 1.807) is 19.4 Å². The third-order valence-corrected chi connectivity index (χ3v) is 4.05. The van der Waals surface area contributed by atoms with Crippen molar-refractivity contribution in [3.63, 3.8) is 0 Å². The van der Waals surface area contributed by atoms with Crippen LogP contribution in [0.2, 0.25) is 0 Å². The van der Waals surface area contributed by atoms with Crippen molar-refractivity contribution in [2.24, 2.45) is 0 Å². The van der Waals surface area contributed by atoms with Crippen LogP contribution >= 0.6 is 15.9 Å². The highest BCUT2D eigenvalue weighted by Crippen LogP contribution is 2.36. The normalized spacial score (nSPS) is 14.4. The molecule has 0 amide bonds. The molecule has 0 fully saturated rings. The standard InChI is InChI=1S/C16H16BrNO3/c1-20-16-13(3-2-5-18-16)14(19)9-11-8-12(17)7-10-4-6-21-15(10)11/h2-3,5,7-8,14,19H,4,6,9H2,1H3. The number of methoxy groups -OCH3 is 1. The number of aliphatic hydroxyl groups is 1. The molecule has 1 aromatic carbocycles. The van der Waals surface area contributed by atoms with Gasteiger partial charge in [-0.05, 0) is 35.4 Å². The zero-order chi connectivity index (χ0) is 14.8. The van der Waals surface area contributed by atoms with Crippen molar-refractivity contribution < 1.29 is 14.6 Å². The molecule has 1 atom stereocenters. The molecule has 0 radical (unpaired) electrons. The van der Waals surface area contributed by atoms with Crippen LogP contribution in [0.15, 0.2) is 34.9 Å². The number of ether oxygens (including phenoxy) is 2. The number of nitrogens with zero attached hydrogens (tertiary/aromatic N) is 1. The van der Waals surface area contributed by atoms with E-state index in [1.807, 2.05) is 12.1 Å². The van der Waals surface area contributed by atoms with Gasteiger partial charge in [0.1, 0.15) is 5.75 Å². The number of aliphatic hydroxyl groups excluding tert-OH is 1. The van der Waals surface area contributed by atoms with Gasteiger partial charge in [-0.15, -0.1) is 0 Å². The predicted octanol–water partition coefficient (Wildman–Crippen LogP) is 3.06. The molecule has 1 unspecified atom stereocenters. The van der Waals surface area contributed by atoms with Crippen LogP contribution in [0.1, 0.15) is 22.8 Å². The number of benzene rings is 1. The SMILES string of the molecule is COc1ncccc1C(O)Cc1cc(Br)cc2c1OCC2. The van der Waals surface area contributed by atoms with Crippen molar-refractivity contribution in [2.45, 2.75) is 18.9 Å². The summed E-state index contributed by atoms with van der Waals surface area (Å²) < 4.78 is 11.9. The first-order chi connectivity index (χ1) is 10.2. The van der Waals surface area contributed by atoms with Gasteiger partial charge < -0.3 is 14.6 Å². The van der Waals surface area contributed by atoms with Gasteiger partial charge in [0.25, 0.3) is 0 Å². The number of hydrogen-bond donors (Lipinski definition) is 1. The fraction of sp³-hybridized carbons (Fsp3) is 0.312. The lowest BCUT2D eigenvalue weighted by Gasteiger charge is -2.16. The second-order valence-electron chi connectivity index (χ2n) is 4.97. The molecule has 5 heteroatoms. The Balaban J connectivity index is 1.90. The predicted molar refractivity (Wildman–Crippen MR) is 82.8 cm³/mol. The first-order valence-corrected chi connectivity index (χ1v) is 7.59. The van der Waals surface area contributed by atoms with Gasteiger partial charge in [-0.2, -0.15) is 0 Å². The molecular weight excluding hydrogens is 334 g/mol. The summed E-state index contributed by atoms with van der Waals surface area (Å²) in [5.41, 5.74) is 2.87. The highest BCUT2D eigenvalue weighted by Gasteiger charge is 2.21. The fourth-order valence-corrected chi connectivity index (χ4v) is 3.20. The number of halogens is 1. The Morgan fingerprint density at radius 3 is 3.14 bits per heavy atom. The fourth-order valence-electron chi connectivity index (χ4n) is 2.64. The monoisotopic (exact) mass is 349 g/mol. The summed E-state index contributed by atoms with van der Waals surface area (Å²) in [7, 11) is 1.55. The molecule has 1 aliphatic heterocycles. The highest BCUT2D eigenvalue weighted by molar-refractivity contribution is 9.10. The summed E-state index contributed by atoms with van der Waals surface area (Å²) in [5.74, 6) is 1.36. The van der Waals surface area contributed by atoms with E-state index in [0.717, 1.165) is 22.2 Å². The zero-order valence-corrected chi connectivity index (χ0v) is 13.3. The molecule has 0 bridgehead atoms. The summed E-state index contributed by atoms with van der Waals surface area (Å²) >= 11 is 3.52. The lowest BCUT2D eigenvalue weighted by Crippen LogP contribution is -2.06. The zero-order valence-electron chi connectivity index (χ0n) is 11.7. The smallest absolute Gasteiger partial charge is 0.218 e. The molecule has 3 rings (SSSR count). The Bertz CT molecular complexity index is 660. The number of hydrogen-bond acceptors (Lipinski definition) is 4. The van der Waals surface area contributed by atoms with E-state index in [1.165, 1.54) is 5.56 Å². The van der Waals surface area contributed by atoms with Crippen LogP contribution in [0.5, 0.6) is 11.6 Å². The molecule has 21 heavy (non-hydrogen) atoms. The summed E-state index contributed by atoms with van der Waals surface area (Å²) in [4.78, 5) is 4.13. The van der Waals surface area contributed by atoms with Crippen molar-refractivity contribution in [2.75, 3.05) is 13.7 Å². The average molecular weight is 350 g/mol. The summed E-state index contributed by atoms with van der Waals surface area (Å²) in [6.45, 7) is 0.699. The minimum Gasteiger partial charge on any atom is -0.493 e. The van der Waals surface area contributed by atoms with Gasteiger partial charge in [-0.3, -0.25) is 0 Å². The van der Waals surface area contributed by atoms with E-state index < -0.39 is 6.10 Å². The molecule has 110 valence electrons. The topological polar surface area (TPSA) is 51.6 Å². The molecule has 1 N–H and O–H groups in total. The largest absolute Gasteiger partial charge is 0.493 e. The van der Waals surface area contributed by atoms with Crippen molar-refractivity contribution >= 4 is 15.9 Å². The van der Waals surface area contributed by atoms with Crippen LogP contribution in [0, 0.1) is 0 Å². The summed E-state index contributed by atoms with van der Waals surface area (Å²) in [6.07, 6.45) is 2.34. The quantitative estimate of drug-likeness (QED) is 0.921. The third kappa shape index (κ3) is 2.89. The Labute approximate surface area is 131 Å². The van der Waals surface area contributed by atoms with Crippen LogP contribution < -0.4 is 9.47 Å². The summed E-state index contributed by atoms with van der Waals surface area (Å²) in [5, 5.41) is 10.5. The van der Waals surface area contributed by atoms with Crippen LogP contribution in [0.3, 0.4) is 0 Å². The molecule has 1 aliphatic rings. The van der Waals surface area contributed by atoms with E-state index in [2.05, 4.69) is 27.0 Å². The number of aromatic nitrogens is 1. The molecular formula is C16H16BrNO3. The molecule has 1 aromatic heterocycles. The molecule has 2 heterocycles. The van der Waals surface area contributed by atoms with Gasteiger partial charge in [-0.25, -0.2) is 4.98 Å². The lowest BCUT2D eigenvalue weighted by atomic mass is 9.99. The second-order valence-corrected chi connectivity index (χ2v) is 5.89. The van der Waals surface area contributed by atoms with Gasteiger partial charge in [0, 0.05) is 29.1 Å². The molecule has 0 saturated carbocycles. The van der Waals surface area contributed by atoms with Crippen LogP contribution in [-0.4, -0.2) is 23.8 Å². The second kappa shape index (κ2) is 6.03. The van der Waals surface area contributed by atoms with E-state index in [-0.39, 0.29) is 0 Å². The van der Waals surface area contributed by atoms with Crippen LogP contribution in [-0.2, 0) is 12.8 Å². The Morgan fingerprint density at radius 1 is 1.48 bits per heavy atom. The van der Waals surface area contributed by atoms with E-state index in [0.29, 0.717) is 24.5 Å². The van der Waals surface area contributed by atoms with Gasteiger partial charge in [0.15, 0.2) is 0 Å². The van der Waals surface area contributed by atoms with Gasteiger partial charge in [0.05, 0.1) is 19.8 Å². The lowest BCUT2D eigenvalue weighted by molar-refractivity contribution is 0.171. The molecule has 0 saturated heterocycles. The highest BCUT2D eigenvalue weighted by atomic mass is 79.9. The minimum absolute atomic E-state index is 0.456. The maximum atomic E-state index is 10.5. The van der Waals surface area contributed by atoms with Crippen molar-refractivity contribution in [1.29, 1.82) is 0 Å². The number of pyridine rings is 1. The first-order valence-electron chi connectivity index (χ1n) is 6.80. The van der Waals surface area contributed by atoms with Gasteiger partial charge in [-0.1, -0.05) is 15.9 Å². The number of fused-ring (bicyclic) bond motifs is 1. The van der Waals surface area contributed by atoms with E-state index in [4.69, 9.17) is 9.47 Å². The Kier molecular flexibility index (Phi) is 4.12. The van der Waals surface area contributed by atoms with E-state index in [9.17, 15) is 5.11 Å². The molecule has 2 aromatic rings. The maximum Gasteiger partial charge on any atom is 0.218 e.